The number of carboxylic acid groups (broad SMARTS) is 1. The molecule has 1 atom stereocenters. The van der Waals surface area contributed by atoms with E-state index >= 15 is 0 Å². The van der Waals surface area contributed by atoms with Crippen LogP contribution in [0.5, 0.6) is 5.75 Å². The van der Waals surface area contributed by atoms with E-state index in [1.807, 2.05) is 23.1 Å². The van der Waals surface area contributed by atoms with Gasteiger partial charge in [0.15, 0.2) is 5.25 Å². The van der Waals surface area contributed by atoms with Crippen LogP contribution in [0.3, 0.4) is 0 Å². The molecule has 222 valence electrons. The number of nitrogens with zero attached hydrogens (tertiary/aromatic N) is 2. The maximum Gasteiger partial charge on any atom is 0.323 e. The van der Waals surface area contributed by atoms with Gasteiger partial charge in [0.1, 0.15) is 17.7 Å². The van der Waals surface area contributed by atoms with Gasteiger partial charge in [-0.15, -0.1) is 24.8 Å². The third kappa shape index (κ3) is 7.81. The molecule has 1 heterocycles. The molecule has 0 amide bonds. The minimum absolute atomic E-state index is 0. The van der Waals surface area contributed by atoms with Gasteiger partial charge >= 0.3 is 5.97 Å². The molecule has 1 aliphatic rings. The van der Waals surface area contributed by atoms with Gasteiger partial charge in [-0.3, -0.25) is 19.9 Å². The molecule has 10 nitrogen and oxygen atoms in total. The first-order valence-electron chi connectivity index (χ1n) is 12.6. The van der Waals surface area contributed by atoms with Crippen molar-refractivity contribution in [1.82, 2.24) is 4.90 Å². The van der Waals surface area contributed by atoms with Gasteiger partial charge in [0.25, 0.3) is 0 Å². The number of rotatable bonds is 9. The predicted octanol–water partition coefficient (Wildman–Crippen LogP) is 4.62. The molecular formula is C28H35Cl2N5O5S. The zero-order valence-corrected chi connectivity index (χ0v) is 25.2. The molecule has 3 aromatic rings. The molecular weight excluding hydrogens is 589 g/mol. The van der Waals surface area contributed by atoms with Gasteiger partial charge in [-0.25, -0.2) is 8.42 Å². The normalized spacial score (nSPS) is 14.3. The highest BCUT2D eigenvalue weighted by atomic mass is 35.5. The molecule has 1 saturated heterocycles. The second-order valence-corrected chi connectivity index (χ2v) is 11.9. The first kappa shape index (κ1) is 33.7. The van der Waals surface area contributed by atoms with Crippen molar-refractivity contribution in [2.45, 2.75) is 44.6 Å². The third-order valence-electron chi connectivity index (χ3n) is 6.99. The standard InChI is InChI=1S/C28H33N5O5S.2ClH/c1-18(28(34)35)39(36,37)33(17-20-3-4-21-5-6-22(27(30)31)16-23(21)15-20)24-7-9-25(10-8-24)38-26-11-13-32(14-12-26)19(2)29;;/h3-10,15-16,18,26,29H,11-14,17H2,1-2H3,(H3,30,31)(H,34,35);2*1H. The molecule has 0 saturated carbocycles. The first-order chi connectivity index (χ1) is 18.5. The number of hydrogen-bond acceptors (Lipinski definition) is 6. The Morgan fingerprint density at radius 3 is 2.22 bits per heavy atom. The molecule has 1 unspecified atom stereocenters. The van der Waals surface area contributed by atoms with E-state index in [-0.39, 0.29) is 43.3 Å². The maximum absolute atomic E-state index is 13.4. The highest BCUT2D eigenvalue weighted by molar-refractivity contribution is 7.94. The lowest BCUT2D eigenvalue weighted by Gasteiger charge is -2.33. The van der Waals surface area contributed by atoms with Crippen molar-refractivity contribution in [1.29, 1.82) is 10.8 Å². The molecule has 3 aromatic carbocycles. The number of amidine groups is 2. The van der Waals surface area contributed by atoms with Gasteiger partial charge in [-0.05, 0) is 66.6 Å². The van der Waals surface area contributed by atoms with E-state index < -0.39 is 21.2 Å². The molecule has 5 N–H and O–H groups in total. The lowest BCUT2D eigenvalue weighted by Crippen LogP contribution is -2.41. The summed E-state index contributed by atoms with van der Waals surface area (Å²) in [7, 11) is -4.27. The molecule has 0 spiro atoms. The SMILES string of the molecule is CC(=N)N1CCC(Oc2ccc(N(Cc3ccc4ccc(C(=N)N)cc4c3)S(=O)(=O)C(C)C(=O)O)cc2)CC1.Cl.Cl. The molecule has 1 aliphatic heterocycles. The van der Waals surface area contributed by atoms with Gasteiger partial charge in [0.2, 0.25) is 10.0 Å². The van der Waals surface area contributed by atoms with Crippen molar-refractivity contribution >= 4 is 68.9 Å². The van der Waals surface area contributed by atoms with Gasteiger partial charge in [0.05, 0.1) is 18.1 Å². The van der Waals surface area contributed by atoms with Crippen molar-refractivity contribution < 1.29 is 23.1 Å². The number of nitrogen functional groups attached to an aromatic ring is 1. The Bertz CT molecular complexity index is 1510. The van der Waals surface area contributed by atoms with Crippen LogP contribution in [0.2, 0.25) is 0 Å². The summed E-state index contributed by atoms with van der Waals surface area (Å²) in [5, 5.41) is 25.0. The smallest absolute Gasteiger partial charge is 0.323 e. The Balaban J connectivity index is 0.00000294. The number of nitrogens with one attached hydrogen (secondary N) is 2. The molecule has 4 rings (SSSR count). The van der Waals surface area contributed by atoms with Crippen molar-refractivity contribution in [3.8, 4) is 5.75 Å². The molecule has 0 aromatic heterocycles. The Morgan fingerprint density at radius 2 is 1.66 bits per heavy atom. The number of sulfonamides is 1. The number of hydrogen-bond donors (Lipinski definition) is 4. The lowest BCUT2D eigenvalue weighted by molar-refractivity contribution is -0.136. The third-order valence-corrected chi connectivity index (χ3v) is 9.04. The van der Waals surface area contributed by atoms with Gasteiger partial charge in [0, 0.05) is 31.5 Å². The van der Waals surface area contributed by atoms with Crippen LogP contribution in [-0.2, 0) is 21.4 Å². The Kier molecular flexibility index (Phi) is 11.4. The predicted molar refractivity (Wildman–Crippen MR) is 167 cm³/mol. The molecule has 0 bridgehead atoms. The summed E-state index contributed by atoms with van der Waals surface area (Å²) in [6, 6.07) is 17.4. The number of carbonyl (C=O) groups is 1. The molecule has 0 aliphatic carbocycles. The number of aliphatic carboxylic acids is 1. The Labute approximate surface area is 252 Å². The fourth-order valence-electron chi connectivity index (χ4n) is 4.57. The Morgan fingerprint density at radius 1 is 1.05 bits per heavy atom. The number of benzene rings is 3. The van der Waals surface area contributed by atoms with Crippen LogP contribution in [0.25, 0.3) is 10.8 Å². The van der Waals surface area contributed by atoms with E-state index in [4.69, 9.17) is 21.3 Å². The molecule has 0 radical (unpaired) electrons. The average molecular weight is 625 g/mol. The summed E-state index contributed by atoms with van der Waals surface area (Å²) in [6.07, 6.45) is 1.56. The minimum atomic E-state index is -4.27. The second kappa shape index (κ2) is 13.9. The monoisotopic (exact) mass is 623 g/mol. The summed E-state index contributed by atoms with van der Waals surface area (Å²) >= 11 is 0. The van der Waals surface area contributed by atoms with E-state index in [2.05, 4.69) is 0 Å². The van der Waals surface area contributed by atoms with Crippen LogP contribution in [-0.4, -0.2) is 60.5 Å². The van der Waals surface area contributed by atoms with E-state index in [9.17, 15) is 18.3 Å². The highest BCUT2D eigenvalue weighted by Gasteiger charge is 2.34. The van der Waals surface area contributed by atoms with Gasteiger partial charge < -0.3 is 20.5 Å². The van der Waals surface area contributed by atoms with Gasteiger partial charge in [-0.2, -0.15) is 0 Å². The van der Waals surface area contributed by atoms with Crippen LogP contribution in [0, 0.1) is 10.8 Å². The molecule has 1 fully saturated rings. The van der Waals surface area contributed by atoms with Crippen LogP contribution in [0.1, 0.15) is 37.8 Å². The van der Waals surface area contributed by atoms with Crippen LogP contribution < -0.4 is 14.8 Å². The first-order valence-corrected chi connectivity index (χ1v) is 14.1. The number of carboxylic acids is 1. The summed E-state index contributed by atoms with van der Waals surface area (Å²) < 4.78 is 34.0. The van der Waals surface area contributed by atoms with Crippen molar-refractivity contribution in [3.05, 3.63) is 71.8 Å². The summed E-state index contributed by atoms with van der Waals surface area (Å²) in [4.78, 5) is 13.7. The molecule has 13 heteroatoms. The number of nitrogens with two attached hydrogens (primary N) is 1. The number of anilines is 1. The van der Waals surface area contributed by atoms with Crippen LogP contribution in [0.15, 0.2) is 60.7 Å². The van der Waals surface area contributed by atoms with Crippen molar-refractivity contribution in [2.75, 3.05) is 17.4 Å². The quantitative estimate of drug-likeness (QED) is 0.200. The number of piperidine rings is 1. The van der Waals surface area contributed by atoms with Crippen molar-refractivity contribution in [2.24, 2.45) is 5.73 Å². The number of likely N-dealkylation sites (tertiary alicyclic amines) is 1. The van der Waals surface area contributed by atoms with Gasteiger partial charge in [-0.1, -0.05) is 24.3 Å². The lowest BCUT2D eigenvalue weighted by atomic mass is 10.0. The minimum Gasteiger partial charge on any atom is -0.490 e. The van der Waals surface area contributed by atoms with Crippen molar-refractivity contribution in [3.63, 3.8) is 0 Å². The van der Waals surface area contributed by atoms with E-state index in [0.717, 1.165) is 47.9 Å². The summed E-state index contributed by atoms with van der Waals surface area (Å²) in [5.74, 6) is -0.370. The fraction of sp³-hybridized carbons (Fsp3) is 0.321. The molecule has 41 heavy (non-hydrogen) atoms. The zero-order chi connectivity index (χ0) is 28.3. The summed E-state index contributed by atoms with van der Waals surface area (Å²) in [6.45, 7) is 4.34. The highest BCUT2D eigenvalue weighted by Crippen LogP contribution is 2.29. The number of ether oxygens (including phenoxy) is 1. The van der Waals surface area contributed by atoms with E-state index in [1.54, 1.807) is 49.4 Å². The summed E-state index contributed by atoms with van der Waals surface area (Å²) in [5.41, 5.74) is 7.15. The van der Waals surface area contributed by atoms with Crippen LogP contribution >= 0.6 is 24.8 Å². The number of halogens is 2. The largest absolute Gasteiger partial charge is 0.490 e. The average Bonchev–Trinajstić information content (AvgIpc) is 2.91. The van der Waals surface area contributed by atoms with E-state index in [1.165, 1.54) is 0 Å². The topological polar surface area (TPSA) is 161 Å². The number of fused-ring (bicyclic) bond motifs is 1. The zero-order valence-electron chi connectivity index (χ0n) is 22.7. The van der Waals surface area contributed by atoms with E-state index in [0.29, 0.717) is 28.4 Å². The van der Waals surface area contributed by atoms with Crippen LogP contribution in [0.4, 0.5) is 5.69 Å². The second-order valence-electron chi connectivity index (χ2n) is 9.73. The maximum atomic E-state index is 13.4. The Hall–Kier alpha value is -3.54. The fourth-order valence-corrected chi connectivity index (χ4v) is 5.95.